The first kappa shape index (κ1) is 28.4. The summed E-state index contributed by atoms with van der Waals surface area (Å²) in [4.78, 5) is 15.2. The largest absolute Gasteiger partial charge is 0.493 e. The van der Waals surface area contributed by atoms with Gasteiger partial charge in [0, 0.05) is 18.8 Å². The topological polar surface area (TPSA) is 69.3 Å². The van der Waals surface area contributed by atoms with Gasteiger partial charge < -0.3 is 29.2 Å². The number of urea groups is 1. The monoisotopic (exact) mass is 540 g/mol. The van der Waals surface area contributed by atoms with Gasteiger partial charge in [-0.25, -0.2) is 4.79 Å². The Hall–Kier alpha value is -4.65. The van der Waals surface area contributed by atoms with Crippen molar-refractivity contribution in [2.45, 2.75) is 26.5 Å². The molecule has 0 bridgehead atoms. The first-order valence-electron chi connectivity index (χ1n) is 13.2. The number of carbonyl (C=O) groups excluding carboxylic acids is 1. The number of hydrogen-bond acceptors (Lipinski definition) is 5. The summed E-state index contributed by atoms with van der Waals surface area (Å²) >= 11 is 0. The van der Waals surface area contributed by atoms with Crippen LogP contribution in [0, 0.1) is 6.92 Å². The fourth-order valence-electron chi connectivity index (χ4n) is 4.28. The van der Waals surface area contributed by atoms with Crippen molar-refractivity contribution in [2.75, 3.05) is 33.2 Å². The molecule has 40 heavy (non-hydrogen) atoms. The molecule has 208 valence electrons. The van der Waals surface area contributed by atoms with Crippen LogP contribution in [0.3, 0.4) is 0 Å². The molecule has 7 nitrogen and oxygen atoms in total. The Kier molecular flexibility index (Phi) is 9.88. The van der Waals surface area contributed by atoms with E-state index in [1.54, 1.807) is 26.2 Å². The zero-order valence-electron chi connectivity index (χ0n) is 23.5. The van der Waals surface area contributed by atoms with Gasteiger partial charge in [-0.05, 0) is 66.4 Å². The molecule has 0 aliphatic rings. The number of amides is 2. The molecule has 0 aliphatic carbocycles. The van der Waals surface area contributed by atoms with E-state index < -0.39 is 0 Å². The minimum Gasteiger partial charge on any atom is -0.493 e. The van der Waals surface area contributed by atoms with Gasteiger partial charge in [0.1, 0.15) is 6.61 Å². The third-order valence-corrected chi connectivity index (χ3v) is 6.55. The Morgan fingerprint density at radius 3 is 2.02 bits per heavy atom. The van der Waals surface area contributed by atoms with Gasteiger partial charge in [-0.3, -0.25) is 0 Å². The second kappa shape index (κ2) is 13.9. The predicted octanol–water partition coefficient (Wildman–Crippen LogP) is 6.88. The highest BCUT2D eigenvalue weighted by Gasteiger charge is 2.17. The molecule has 0 fully saturated rings. The van der Waals surface area contributed by atoms with E-state index in [0.29, 0.717) is 49.1 Å². The maximum Gasteiger partial charge on any atom is 0.322 e. The summed E-state index contributed by atoms with van der Waals surface area (Å²) in [5.41, 5.74) is 4.91. The maximum atomic E-state index is 13.4. The molecule has 0 saturated carbocycles. The molecule has 0 unspecified atom stereocenters. The summed E-state index contributed by atoms with van der Waals surface area (Å²) in [6.07, 6.45) is 0.636. The Labute approximate surface area is 236 Å². The predicted molar refractivity (Wildman–Crippen MR) is 158 cm³/mol. The van der Waals surface area contributed by atoms with E-state index in [1.807, 2.05) is 97.9 Å². The van der Waals surface area contributed by atoms with Crippen LogP contribution in [0.2, 0.25) is 0 Å². The van der Waals surface area contributed by atoms with Crippen molar-refractivity contribution in [1.82, 2.24) is 4.90 Å². The van der Waals surface area contributed by atoms with Crippen LogP contribution in [0.5, 0.6) is 23.0 Å². The summed E-state index contributed by atoms with van der Waals surface area (Å²) in [6, 6.07) is 29.1. The molecule has 0 heterocycles. The second-order valence-electron chi connectivity index (χ2n) is 9.42. The molecule has 0 saturated heterocycles. The van der Waals surface area contributed by atoms with Crippen molar-refractivity contribution in [3.63, 3.8) is 0 Å². The molecule has 4 aromatic carbocycles. The molecule has 0 atom stereocenters. The Balaban J connectivity index is 1.51. The van der Waals surface area contributed by atoms with E-state index in [2.05, 4.69) is 5.32 Å². The van der Waals surface area contributed by atoms with Crippen LogP contribution in [0.25, 0.3) is 0 Å². The highest BCUT2D eigenvalue weighted by atomic mass is 16.5. The molecule has 0 aliphatic heterocycles. The van der Waals surface area contributed by atoms with Gasteiger partial charge in [0.25, 0.3) is 0 Å². The van der Waals surface area contributed by atoms with Crippen molar-refractivity contribution in [1.29, 1.82) is 0 Å². The third-order valence-electron chi connectivity index (χ3n) is 6.55. The first-order valence-corrected chi connectivity index (χ1v) is 13.2. The van der Waals surface area contributed by atoms with Crippen LogP contribution < -0.4 is 24.3 Å². The van der Waals surface area contributed by atoms with E-state index in [4.69, 9.17) is 18.9 Å². The van der Waals surface area contributed by atoms with Crippen molar-refractivity contribution >= 4 is 11.7 Å². The average Bonchev–Trinajstić information content (AvgIpc) is 2.99. The van der Waals surface area contributed by atoms with Gasteiger partial charge in [-0.1, -0.05) is 60.2 Å². The zero-order valence-corrected chi connectivity index (χ0v) is 23.5. The Morgan fingerprint density at radius 1 is 0.700 bits per heavy atom. The summed E-state index contributed by atoms with van der Waals surface area (Å²) in [7, 11) is 4.85. The summed E-state index contributed by atoms with van der Waals surface area (Å²) in [5.74, 6) is 2.59. The molecule has 0 aromatic heterocycles. The van der Waals surface area contributed by atoms with Crippen LogP contribution >= 0.6 is 0 Å². The number of methoxy groups -OCH3 is 3. The highest BCUT2D eigenvalue weighted by molar-refractivity contribution is 5.89. The van der Waals surface area contributed by atoms with Crippen molar-refractivity contribution in [3.8, 4) is 23.0 Å². The molecular formula is C33H36N2O5. The number of hydrogen-bond donors (Lipinski definition) is 1. The molecule has 1 N–H and O–H groups in total. The second-order valence-corrected chi connectivity index (χ2v) is 9.42. The van der Waals surface area contributed by atoms with Crippen molar-refractivity contribution < 1.29 is 23.7 Å². The number of carbonyl (C=O) groups is 1. The number of benzene rings is 4. The number of anilines is 1. The lowest BCUT2D eigenvalue weighted by Crippen LogP contribution is -2.36. The number of nitrogens with zero attached hydrogens (tertiary/aromatic N) is 1. The standard InChI is InChI=1S/C33H36N2O5/c1-24-10-14-28(15-11-24)34-33(36)35(19-18-25-12-16-29(37-2)31(20-25)38-3)22-27-13-17-30(32(21-27)39-4)40-23-26-8-6-5-7-9-26/h5-17,20-21H,18-19,22-23H2,1-4H3,(H,34,36). The van der Waals surface area contributed by atoms with Crippen molar-refractivity contribution in [2.24, 2.45) is 0 Å². The molecule has 2 amide bonds. The number of ether oxygens (including phenoxy) is 4. The molecule has 0 radical (unpaired) electrons. The van der Waals surface area contributed by atoms with Crippen LogP contribution in [-0.2, 0) is 19.6 Å². The SMILES string of the molecule is COc1ccc(CCN(Cc2ccc(OCc3ccccc3)c(OC)c2)C(=O)Nc2ccc(C)cc2)cc1OC. The zero-order chi connectivity index (χ0) is 28.3. The van der Waals surface area contributed by atoms with E-state index >= 15 is 0 Å². The quantitative estimate of drug-likeness (QED) is 0.212. The van der Waals surface area contributed by atoms with Gasteiger partial charge in [-0.15, -0.1) is 0 Å². The minimum atomic E-state index is -0.187. The average molecular weight is 541 g/mol. The van der Waals surface area contributed by atoms with Crippen LogP contribution in [0.15, 0.2) is 91.0 Å². The lowest BCUT2D eigenvalue weighted by Gasteiger charge is -2.24. The molecular weight excluding hydrogens is 504 g/mol. The van der Waals surface area contributed by atoms with E-state index in [-0.39, 0.29) is 6.03 Å². The third kappa shape index (κ3) is 7.69. The van der Waals surface area contributed by atoms with Crippen LogP contribution in [0.4, 0.5) is 10.5 Å². The fourth-order valence-corrected chi connectivity index (χ4v) is 4.28. The van der Waals surface area contributed by atoms with Gasteiger partial charge in [-0.2, -0.15) is 0 Å². The van der Waals surface area contributed by atoms with E-state index in [0.717, 1.165) is 27.9 Å². The summed E-state index contributed by atoms with van der Waals surface area (Å²) in [6.45, 7) is 3.33. The van der Waals surface area contributed by atoms with E-state index in [1.165, 1.54) is 0 Å². The Morgan fingerprint density at radius 2 is 1.32 bits per heavy atom. The highest BCUT2D eigenvalue weighted by Crippen LogP contribution is 2.30. The van der Waals surface area contributed by atoms with Crippen LogP contribution in [-0.4, -0.2) is 38.8 Å². The molecule has 4 rings (SSSR count). The summed E-state index contributed by atoms with van der Waals surface area (Å²) < 4.78 is 22.5. The Bertz CT molecular complexity index is 1390. The van der Waals surface area contributed by atoms with Gasteiger partial charge in [0.2, 0.25) is 0 Å². The van der Waals surface area contributed by atoms with Gasteiger partial charge in [0.05, 0.1) is 21.3 Å². The number of rotatable bonds is 12. The number of nitrogens with one attached hydrogen (secondary N) is 1. The summed E-state index contributed by atoms with van der Waals surface area (Å²) in [5, 5.41) is 3.03. The lowest BCUT2D eigenvalue weighted by atomic mass is 10.1. The van der Waals surface area contributed by atoms with E-state index in [9.17, 15) is 4.79 Å². The van der Waals surface area contributed by atoms with Crippen molar-refractivity contribution in [3.05, 3.63) is 113 Å². The number of aryl methyl sites for hydroxylation is 1. The fraction of sp³-hybridized carbons (Fsp3) is 0.242. The molecule has 4 aromatic rings. The lowest BCUT2D eigenvalue weighted by molar-refractivity contribution is 0.209. The first-order chi connectivity index (χ1) is 19.5. The maximum absolute atomic E-state index is 13.4. The van der Waals surface area contributed by atoms with Gasteiger partial charge in [0.15, 0.2) is 23.0 Å². The van der Waals surface area contributed by atoms with Gasteiger partial charge >= 0.3 is 6.03 Å². The smallest absolute Gasteiger partial charge is 0.322 e. The minimum absolute atomic E-state index is 0.187. The molecule has 0 spiro atoms. The normalized spacial score (nSPS) is 10.5. The molecule has 7 heteroatoms. The van der Waals surface area contributed by atoms with Crippen LogP contribution in [0.1, 0.15) is 22.3 Å².